The van der Waals surface area contributed by atoms with E-state index in [9.17, 15) is 57.9 Å². The Kier molecular flexibility index (Phi) is 18.3. The standard InChI is InChI=1S/C27H48N11O17P3S/c1-27(2,20(41)23(42)33-7-5-16(39)32-8-9-59-25(43)14(28)4-3-6-34-26(30)31)11-52-58(49,50)55-57(47,48)51-10-15-19(54-56(44,45)46)18(40)24(53-15)38-13-37-17-21(29)35-12-36-22(17)38/h12-15,18-20,24,40-41H,3-11,28H2,1-2H3,(H,32,39)(H,33,42)(H,47,48)(H,49,50)(H2,29,35,36)(H4,30,31,34)(H2,44,45,46). The number of nitrogen functional groups attached to an aromatic ring is 1. The van der Waals surface area contributed by atoms with Crippen LogP contribution in [0.5, 0.6) is 0 Å². The molecule has 28 nitrogen and oxygen atoms in total. The second kappa shape index (κ2) is 21.5. The van der Waals surface area contributed by atoms with E-state index in [1.807, 2.05) is 0 Å². The summed E-state index contributed by atoms with van der Waals surface area (Å²) in [7, 11) is -16.4. The molecule has 1 aliphatic heterocycles. The Balaban J connectivity index is 1.45. The van der Waals surface area contributed by atoms with E-state index in [1.165, 1.54) is 13.8 Å². The number of carbonyl (C=O) groups excluding carboxylic acids is 3. The van der Waals surface area contributed by atoms with Crippen LogP contribution < -0.4 is 33.6 Å². The number of nitrogens with one attached hydrogen (secondary N) is 2. The van der Waals surface area contributed by atoms with Crippen LogP contribution in [0.1, 0.15) is 39.3 Å². The molecule has 16 N–H and O–H groups in total. The van der Waals surface area contributed by atoms with Gasteiger partial charge in [-0.3, -0.25) is 37.5 Å². The molecule has 2 aromatic heterocycles. The lowest BCUT2D eigenvalue weighted by Gasteiger charge is -2.30. The zero-order chi connectivity index (χ0) is 44.3. The number of fused-ring (bicyclic) bond motifs is 1. The smallest absolute Gasteiger partial charge is 0.386 e. The van der Waals surface area contributed by atoms with Crippen LogP contribution in [-0.4, -0.2) is 141 Å². The molecule has 8 unspecified atom stereocenters. The molecule has 0 saturated carbocycles. The first kappa shape index (κ1) is 50.1. The van der Waals surface area contributed by atoms with Crippen LogP contribution >= 0.6 is 35.2 Å². The van der Waals surface area contributed by atoms with Gasteiger partial charge in [-0.15, -0.1) is 0 Å². The number of aliphatic imine (C=N–C) groups is 1. The maximum atomic E-state index is 12.7. The molecule has 0 radical (unpaired) electrons. The van der Waals surface area contributed by atoms with Crippen molar-refractivity contribution in [3.05, 3.63) is 12.7 Å². The van der Waals surface area contributed by atoms with E-state index < -0.39 is 90.6 Å². The number of carbonyl (C=O) groups is 3. The molecule has 0 aromatic carbocycles. The lowest BCUT2D eigenvalue weighted by molar-refractivity contribution is -0.137. The van der Waals surface area contributed by atoms with Gasteiger partial charge in [-0.2, -0.15) is 4.31 Å². The van der Waals surface area contributed by atoms with Gasteiger partial charge in [-0.1, -0.05) is 25.6 Å². The number of rotatable bonds is 24. The highest BCUT2D eigenvalue weighted by Crippen LogP contribution is 2.61. The lowest BCUT2D eigenvalue weighted by atomic mass is 9.87. The van der Waals surface area contributed by atoms with Crippen molar-refractivity contribution in [1.82, 2.24) is 30.2 Å². The van der Waals surface area contributed by atoms with Crippen molar-refractivity contribution in [1.29, 1.82) is 0 Å². The van der Waals surface area contributed by atoms with Gasteiger partial charge in [0.25, 0.3) is 0 Å². The topological polar surface area (TPSA) is 454 Å². The number of nitrogens with zero attached hydrogens (tertiary/aromatic N) is 5. The first-order chi connectivity index (χ1) is 27.3. The summed E-state index contributed by atoms with van der Waals surface area (Å²) in [6.45, 7) is 0.631. The van der Waals surface area contributed by atoms with Gasteiger partial charge in [-0.05, 0) is 12.8 Å². The number of thioether (sulfide) groups is 1. The lowest BCUT2D eigenvalue weighted by Crippen LogP contribution is -2.46. The first-order valence-corrected chi connectivity index (χ1v) is 22.7. The second-order valence-corrected chi connectivity index (χ2v) is 18.6. The molecule has 2 aromatic rings. The van der Waals surface area contributed by atoms with Crippen molar-refractivity contribution in [2.75, 3.05) is 44.3 Å². The van der Waals surface area contributed by atoms with Crippen LogP contribution in [0.3, 0.4) is 0 Å². The molecule has 0 bridgehead atoms. The van der Waals surface area contributed by atoms with E-state index in [0.717, 1.165) is 29.0 Å². The SMILES string of the molecule is CC(C)(COP(=O)(O)OP(=O)(O)OCC1OC(n2cnc3c(N)ncnc32)C(O)C1OP(=O)(O)O)C(O)C(=O)NCCC(=O)NCCSC(=O)C(N)CCCN=C(N)N. The highest BCUT2D eigenvalue weighted by molar-refractivity contribution is 8.13. The molecule has 1 fully saturated rings. The van der Waals surface area contributed by atoms with Gasteiger partial charge in [0.1, 0.15) is 36.3 Å². The van der Waals surface area contributed by atoms with Crippen molar-refractivity contribution in [3.63, 3.8) is 0 Å². The number of aliphatic hydroxyl groups is 2. The third kappa shape index (κ3) is 16.0. The summed E-state index contributed by atoms with van der Waals surface area (Å²) >= 11 is 0.932. The van der Waals surface area contributed by atoms with Crippen LogP contribution in [0.2, 0.25) is 0 Å². The third-order valence-corrected chi connectivity index (χ3v) is 12.1. The molecule has 8 atom stereocenters. The zero-order valence-electron chi connectivity index (χ0n) is 31.5. The summed E-state index contributed by atoms with van der Waals surface area (Å²) in [5.41, 5.74) is 20.5. The minimum absolute atomic E-state index is 0.0228. The molecule has 32 heteroatoms. The van der Waals surface area contributed by atoms with E-state index >= 15 is 0 Å². The third-order valence-electron chi connectivity index (χ3n) is 8.02. The molecule has 1 saturated heterocycles. The fourth-order valence-electron chi connectivity index (χ4n) is 5.03. The van der Waals surface area contributed by atoms with Crippen LogP contribution in [0, 0.1) is 5.41 Å². The normalized spacial score (nSPS) is 21.6. The molecule has 0 spiro atoms. The number of hydrogen-bond acceptors (Lipinski definition) is 20. The summed E-state index contributed by atoms with van der Waals surface area (Å²) in [5.74, 6) is -1.37. The average Bonchev–Trinajstić information content (AvgIpc) is 3.69. The van der Waals surface area contributed by atoms with E-state index in [4.69, 9.17) is 36.7 Å². The van der Waals surface area contributed by atoms with E-state index in [1.54, 1.807) is 0 Å². The monoisotopic (exact) mass is 923 g/mol. The quantitative estimate of drug-likeness (QED) is 0.0217. The molecule has 0 aliphatic carbocycles. The average molecular weight is 924 g/mol. The van der Waals surface area contributed by atoms with E-state index in [2.05, 4.69) is 39.4 Å². The Hall–Kier alpha value is -3.21. The zero-order valence-corrected chi connectivity index (χ0v) is 35.0. The highest BCUT2D eigenvalue weighted by Gasteiger charge is 2.50. The predicted molar refractivity (Wildman–Crippen MR) is 205 cm³/mol. The maximum absolute atomic E-state index is 12.7. The number of hydrogen-bond donors (Lipinski definition) is 12. The number of guanidine groups is 1. The molecular formula is C27H48N11O17P3S. The number of phosphoric acid groups is 3. The van der Waals surface area contributed by atoms with Crippen molar-refractivity contribution in [2.45, 2.75) is 69.8 Å². The van der Waals surface area contributed by atoms with E-state index in [-0.39, 0.29) is 53.3 Å². The van der Waals surface area contributed by atoms with Gasteiger partial charge in [0.15, 0.2) is 23.7 Å². The summed E-state index contributed by atoms with van der Waals surface area (Å²) in [6.07, 6.45) is -6.17. The maximum Gasteiger partial charge on any atom is 0.481 e. The van der Waals surface area contributed by atoms with Crippen molar-refractivity contribution >= 4 is 75.1 Å². The number of anilines is 1. The van der Waals surface area contributed by atoms with Crippen molar-refractivity contribution in [3.8, 4) is 0 Å². The Morgan fingerprint density at radius 1 is 1.07 bits per heavy atom. The van der Waals surface area contributed by atoms with Gasteiger partial charge in [-0.25, -0.2) is 28.6 Å². The Bertz CT molecular complexity index is 1950. The van der Waals surface area contributed by atoms with Crippen LogP contribution in [-0.2, 0) is 50.7 Å². The summed E-state index contributed by atoms with van der Waals surface area (Å²) in [5, 5.41) is 26.1. The van der Waals surface area contributed by atoms with Gasteiger partial charge < -0.3 is 68.1 Å². The number of aromatic nitrogens is 4. The Labute approximate surface area is 339 Å². The van der Waals surface area contributed by atoms with Crippen LogP contribution in [0.25, 0.3) is 11.2 Å². The summed E-state index contributed by atoms with van der Waals surface area (Å²) in [6, 6.07) is -0.734. The Morgan fingerprint density at radius 3 is 2.41 bits per heavy atom. The predicted octanol–water partition coefficient (Wildman–Crippen LogP) is -2.95. The summed E-state index contributed by atoms with van der Waals surface area (Å²) < 4.78 is 62.1. The van der Waals surface area contributed by atoms with Gasteiger partial charge in [0, 0.05) is 37.2 Å². The first-order valence-electron chi connectivity index (χ1n) is 17.2. The van der Waals surface area contributed by atoms with Gasteiger partial charge in [0.2, 0.25) is 16.9 Å². The molecule has 334 valence electrons. The highest BCUT2D eigenvalue weighted by atomic mass is 32.2. The molecule has 3 heterocycles. The van der Waals surface area contributed by atoms with Gasteiger partial charge >= 0.3 is 23.5 Å². The minimum Gasteiger partial charge on any atom is -0.386 e. The largest absolute Gasteiger partial charge is 0.481 e. The van der Waals surface area contributed by atoms with E-state index in [0.29, 0.717) is 19.4 Å². The van der Waals surface area contributed by atoms with Crippen molar-refractivity contribution < 1.29 is 80.5 Å². The number of amides is 2. The van der Waals surface area contributed by atoms with Gasteiger partial charge in [0.05, 0.1) is 25.6 Å². The fraction of sp³-hybridized carbons (Fsp3) is 0.667. The number of imidazole rings is 1. The Morgan fingerprint density at radius 2 is 1.75 bits per heavy atom. The number of nitrogens with two attached hydrogens (primary N) is 4. The number of phosphoric ester groups is 3. The second-order valence-electron chi connectivity index (χ2n) is 13.3. The fourth-order valence-corrected chi connectivity index (χ4v) is 8.59. The molecule has 2 amide bonds. The van der Waals surface area contributed by atoms with Crippen LogP contribution in [0.4, 0.5) is 5.82 Å². The molecule has 1 aliphatic rings. The molecular weight excluding hydrogens is 875 g/mol. The minimum atomic E-state index is -5.59. The van der Waals surface area contributed by atoms with Crippen LogP contribution in [0.15, 0.2) is 17.6 Å². The van der Waals surface area contributed by atoms with Crippen molar-refractivity contribution in [2.24, 2.45) is 27.6 Å². The number of ether oxygens (including phenoxy) is 1. The molecule has 59 heavy (non-hydrogen) atoms. The number of aliphatic hydroxyl groups excluding tert-OH is 2. The summed E-state index contributed by atoms with van der Waals surface area (Å²) in [4.78, 5) is 91.6. The molecule has 3 rings (SSSR count).